The summed E-state index contributed by atoms with van der Waals surface area (Å²) in [7, 11) is 4.67. The van der Waals surface area contributed by atoms with Crippen molar-refractivity contribution >= 4 is 45.1 Å². The molecular formula is C2H2Si4. The molecule has 26 valence electrons. The van der Waals surface area contributed by atoms with Crippen molar-refractivity contribution in [1.82, 2.24) is 0 Å². The molecule has 0 aliphatic carbocycles. The fraction of sp³-hybridized carbons (Fsp3) is 0. The van der Waals surface area contributed by atoms with Crippen molar-refractivity contribution < 1.29 is 0 Å². The predicted octanol–water partition coefficient (Wildman–Crippen LogP) is -1.83. The second kappa shape index (κ2) is 2.73. The van der Waals surface area contributed by atoms with E-state index in [1.807, 2.05) is 0 Å². The highest BCUT2D eigenvalue weighted by Crippen LogP contribution is 1.36. The molecule has 0 amide bonds. The summed E-state index contributed by atoms with van der Waals surface area (Å²) in [5, 5.41) is 4.88. The Bertz CT molecular complexity index is 74.9. The van der Waals surface area contributed by atoms with Gasteiger partial charge in [-0.3, -0.25) is 0 Å². The van der Waals surface area contributed by atoms with Crippen LogP contribution >= 0.6 is 0 Å². The number of hydrogen-bond donors (Lipinski definition) is 0. The van der Waals surface area contributed by atoms with Gasteiger partial charge in [0.15, 0.2) is 0 Å². The molecule has 0 aromatic carbocycles. The van der Waals surface area contributed by atoms with E-state index >= 15 is 0 Å². The number of hydrogen-bond acceptors (Lipinski definition) is 0. The van der Waals surface area contributed by atoms with Crippen LogP contribution in [-0.4, -0.2) is 45.1 Å². The van der Waals surface area contributed by atoms with E-state index in [9.17, 15) is 0 Å². The van der Waals surface area contributed by atoms with Gasteiger partial charge in [-0.2, -0.15) is 0 Å². The summed E-state index contributed by atoms with van der Waals surface area (Å²) in [6.45, 7) is 0. The van der Waals surface area contributed by atoms with Gasteiger partial charge in [-0.15, -0.1) is 0 Å². The van der Waals surface area contributed by atoms with Gasteiger partial charge in [-0.25, -0.2) is 0 Å². The summed E-state index contributed by atoms with van der Waals surface area (Å²) in [5.74, 6) is 0. The normalized spacial score (nSPS) is 16.0. The first-order chi connectivity index (χ1) is 3.00. The van der Waals surface area contributed by atoms with Gasteiger partial charge in [0.2, 0.25) is 0 Å². The molecule has 0 spiro atoms. The maximum atomic E-state index is 2.44. The van der Waals surface area contributed by atoms with Gasteiger partial charge >= 0.3 is 0 Å². The molecule has 0 bridgehead atoms. The quantitative estimate of drug-likeness (QED) is 0.345. The first-order valence-electron chi connectivity index (χ1n) is 1.65. The van der Waals surface area contributed by atoms with Crippen LogP contribution in [0.1, 0.15) is 0 Å². The SMILES string of the molecule is C1=[Si][Si]=C[Si]=[Si]1. The zero-order valence-electron chi connectivity index (χ0n) is 3.15. The zero-order chi connectivity index (χ0) is 4.24. The molecule has 0 aromatic heterocycles. The van der Waals surface area contributed by atoms with Gasteiger partial charge in [0.25, 0.3) is 0 Å². The summed E-state index contributed by atoms with van der Waals surface area (Å²) >= 11 is 0. The molecule has 0 aromatic rings. The molecule has 4 radical (unpaired) electrons. The maximum Gasteiger partial charge on any atom is 0.0240 e. The van der Waals surface area contributed by atoms with Crippen LogP contribution in [0.2, 0.25) is 0 Å². The standard InChI is InChI=1S/C2H2Si4/c1-3-5-2-6-4-1/h1-2H. The molecule has 1 heterocycles. The van der Waals surface area contributed by atoms with Gasteiger partial charge in [-0.05, 0) is 0 Å². The first-order valence-corrected chi connectivity index (χ1v) is 7.96. The van der Waals surface area contributed by atoms with E-state index in [0.29, 0.717) is 0 Å². The summed E-state index contributed by atoms with van der Waals surface area (Å²) in [6, 6.07) is 0. The Kier molecular flexibility index (Phi) is 2.16. The van der Waals surface area contributed by atoms with E-state index in [0.717, 1.165) is 0 Å². The largest absolute Gasteiger partial charge is 0.0993 e. The lowest BCUT2D eigenvalue weighted by atomic mass is 11.9. The highest BCUT2D eigenvalue weighted by atomic mass is 29.1. The third-order valence-electron chi connectivity index (χ3n) is 0.455. The van der Waals surface area contributed by atoms with Gasteiger partial charge in [-0.1, -0.05) is 10.6 Å². The lowest BCUT2D eigenvalue weighted by Gasteiger charge is -1.72. The maximum absolute atomic E-state index is 2.44. The van der Waals surface area contributed by atoms with E-state index in [1.54, 1.807) is 0 Å². The molecule has 0 saturated heterocycles. The number of rotatable bonds is 0. The van der Waals surface area contributed by atoms with Crippen LogP contribution < -0.4 is 0 Å². The third kappa shape index (κ3) is 1.37. The van der Waals surface area contributed by atoms with Crippen LogP contribution in [0.3, 0.4) is 0 Å². The van der Waals surface area contributed by atoms with Gasteiger partial charge < -0.3 is 0 Å². The van der Waals surface area contributed by atoms with Crippen LogP contribution in [0.25, 0.3) is 0 Å². The molecule has 6 heavy (non-hydrogen) atoms. The Hall–Kier alpha value is 0.608. The highest BCUT2D eigenvalue weighted by molar-refractivity contribution is 7.26. The van der Waals surface area contributed by atoms with E-state index in [1.165, 1.54) is 34.5 Å². The second-order valence-electron chi connectivity index (χ2n) is 0.866. The van der Waals surface area contributed by atoms with Crippen LogP contribution in [0.15, 0.2) is 0 Å². The van der Waals surface area contributed by atoms with Crippen molar-refractivity contribution in [1.29, 1.82) is 0 Å². The van der Waals surface area contributed by atoms with Crippen molar-refractivity contribution in [3.8, 4) is 0 Å². The van der Waals surface area contributed by atoms with E-state index in [2.05, 4.69) is 10.6 Å². The molecule has 0 unspecified atom stereocenters. The fourth-order valence-corrected chi connectivity index (χ4v) is 10.3. The summed E-state index contributed by atoms with van der Waals surface area (Å²) in [4.78, 5) is 0. The fourth-order valence-electron chi connectivity index (χ4n) is 0.239. The lowest BCUT2D eigenvalue weighted by Crippen LogP contribution is -2.05. The van der Waals surface area contributed by atoms with Crippen molar-refractivity contribution in [2.45, 2.75) is 0 Å². The van der Waals surface area contributed by atoms with Crippen LogP contribution in [0.4, 0.5) is 0 Å². The van der Waals surface area contributed by atoms with E-state index in [-0.39, 0.29) is 0 Å². The summed E-state index contributed by atoms with van der Waals surface area (Å²) < 4.78 is 0. The van der Waals surface area contributed by atoms with Gasteiger partial charge in [0.1, 0.15) is 0 Å². The molecular weight excluding hydrogens is 136 g/mol. The average molecular weight is 138 g/mol. The Morgan fingerprint density at radius 3 is 1.50 bits per heavy atom. The second-order valence-corrected chi connectivity index (χ2v) is 7.79. The third-order valence-corrected chi connectivity index (χ3v) is 9.29. The minimum absolute atomic E-state index is 1.17. The lowest BCUT2D eigenvalue weighted by molar-refractivity contribution is 3.75. The predicted molar refractivity (Wildman–Crippen MR) is 35.1 cm³/mol. The topological polar surface area (TPSA) is 0 Å². The van der Waals surface area contributed by atoms with Crippen molar-refractivity contribution in [3.05, 3.63) is 0 Å². The molecule has 0 N–H and O–H groups in total. The van der Waals surface area contributed by atoms with Gasteiger partial charge in [0.05, 0.1) is 0 Å². The molecule has 4 heteroatoms. The molecule has 0 fully saturated rings. The van der Waals surface area contributed by atoms with Crippen molar-refractivity contribution in [2.24, 2.45) is 0 Å². The zero-order valence-corrected chi connectivity index (χ0v) is 7.15. The first kappa shape index (κ1) is 4.76. The average Bonchev–Trinajstić information content (AvgIpc) is 1.72. The molecule has 0 nitrogen and oxygen atoms in total. The van der Waals surface area contributed by atoms with Crippen molar-refractivity contribution in [2.75, 3.05) is 0 Å². The van der Waals surface area contributed by atoms with E-state index in [4.69, 9.17) is 0 Å². The molecule has 1 aliphatic rings. The Labute approximate surface area is 45.6 Å². The van der Waals surface area contributed by atoms with Crippen LogP contribution in [0, 0.1) is 0 Å². The minimum Gasteiger partial charge on any atom is -0.0993 e. The Balaban J connectivity index is 2.77. The molecule has 1 rings (SSSR count). The van der Waals surface area contributed by atoms with Crippen LogP contribution in [0.5, 0.6) is 0 Å². The highest BCUT2D eigenvalue weighted by Gasteiger charge is 1.69. The van der Waals surface area contributed by atoms with Crippen molar-refractivity contribution in [3.63, 3.8) is 0 Å². The smallest absolute Gasteiger partial charge is 0.0240 e. The summed E-state index contributed by atoms with van der Waals surface area (Å²) in [6.07, 6.45) is 0. The van der Waals surface area contributed by atoms with Crippen LogP contribution in [-0.2, 0) is 0 Å². The molecule has 0 atom stereocenters. The Morgan fingerprint density at radius 2 is 1.33 bits per heavy atom. The Morgan fingerprint density at radius 1 is 0.833 bits per heavy atom. The molecule has 0 saturated carbocycles. The monoisotopic (exact) mass is 138 g/mol. The minimum atomic E-state index is 1.17. The summed E-state index contributed by atoms with van der Waals surface area (Å²) in [5.41, 5.74) is 0. The molecule has 1 aliphatic heterocycles. The van der Waals surface area contributed by atoms with E-state index < -0.39 is 0 Å². The van der Waals surface area contributed by atoms with Gasteiger partial charge in [0, 0.05) is 34.5 Å².